The van der Waals surface area contributed by atoms with E-state index < -0.39 is 0 Å². The van der Waals surface area contributed by atoms with Crippen molar-refractivity contribution in [1.82, 2.24) is 0 Å². The first-order chi connectivity index (χ1) is 11.7. The average Bonchev–Trinajstić information content (AvgIpc) is 2.62. The van der Waals surface area contributed by atoms with E-state index >= 15 is 0 Å². The first kappa shape index (κ1) is 17.0. The number of piperidine rings is 1. The highest BCUT2D eigenvalue weighted by molar-refractivity contribution is 9.10. The molecular formula is C19H21BrN2O2. The molecule has 4 nitrogen and oxygen atoms in total. The summed E-state index contributed by atoms with van der Waals surface area (Å²) in [6, 6.07) is 15.4. The van der Waals surface area contributed by atoms with Crippen LogP contribution >= 0.6 is 15.9 Å². The fraction of sp³-hybridized carbons (Fsp3) is 0.316. The van der Waals surface area contributed by atoms with Gasteiger partial charge in [-0.1, -0.05) is 22.0 Å². The third kappa shape index (κ3) is 4.16. The van der Waals surface area contributed by atoms with Crippen molar-refractivity contribution < 1.29 is 9.53 Å². The SMILES string of the molecule is COC1CCCN(c2ccc(NC(=O)c3cccc(Br)c3)cc2)C1. The lowest BCUT2D eigenvalue weighted by Crippen LogP contribution is -2.39. The Labute approximate surface area is 150 Å². The molecule has 1 aliphatic heterocycles. The highest BCUT2D eigenvalue weighted by atomic mass is 79.9. The molecule has 1 saturated heterocycles. The number of hydrogen-bond acceptors (Lipinski definition) is 3. The number of ether oxygens (including phenoxy) is 1. The van der Waals surface area contributed by atoms with Gasteiger partial charge in [0.1, 0.15) is 0 Å². The van der Waals surface area contributed by atoms with Gasteiger partial charge in [-0.25, -0.2) is 0 Å². The van der Waals surface area contributed by atoms with Crippen LogP contribution in [0.5, 0.6) is 0 Å². The van der Waals surface area contributed by atoms with Gasteiger partial charge in [0.2, 0.25) is 0 Å². The summed E-state index contributed by atoms with van der Waals surface area (Å²) in [6.45, 7) is 1.96. The predicted octanol–water partition coefficient (Wildman–Crippen LogP) is 4.32. The molecule has 2 aromatic rings. The van der Waals surface area contributed by atoms with E-state index in [4.69, 9.17) is 4.74 Å². The van der Waals surface area contributed by atoms with Crippen molar-refractivity contribution in [3.05, 3.63) is 58.6 Å². The standard InChI is InChI=1S/C19H21BrN2O2/c1-24-18-6-3-11-22(13-18)17-9-7-16(8-10-17)21-19(23)14-4-2-5-15(20)12-14/h2,4-5,7-10,12,18H,3,6,11,13H2,1H3,(H,21,23). The van der Waals surface area contributed by atoms with Gasteiger partial charge in [-0.3, -0.25) is 4.79 Å². The topological polar surface area (TPSA) is 41.6 Å². The van der Waals surface area contributed by atoms with Crippen molar-refractivity contribution in [1.29, 1.82) is 0 Å². The van der Waals surface area contributed by atoms with Crippen LogP contribution < -0.4 is 10.2 Å². The lowest BCUT2D eigenvalue weighted by atomic mass is 10.1. The number of halogens is 1. The summed E-state index contributed by atoms with van der Waals surface area (Å²) in [5.41, 5.74) is 2.59. The molecule has 5 heteroatoms. The second kappa shape index (κ2) is 7.81. The molecule has 24 heavy (non-hydrogen) atoms. The molecule has 1 atom stereocenters. The number of hydrogen-bond donors (Lipinski definition) is 1. The van der Waals surface area contributed by atoms with Crippen LogP contribution in [0.1, 0.15) is 23.2 Å². The number of rotatable bonds is 4. The van der Waals surface area contributed by atoms with Crippen molar-refractivity contribution in [2.75, 3.05) is 30.4 Å². The Bertz CT molecular complexity index is 703. The molecule has 3 rings (SSSR count). The summed E-state index contributed by atoms with van der Waals surface area (Å²) in [5.74, 6) is -0.110. The molecule has 0 radical (unpaired) electrons. The quantitative estimate of drug-likeness (QED) is 0.847. The largest absolute Gasteiger partial charge is 0.380 e. The van der Waals surface area contributed by atoms with Crippen LogP contribution in [-0.2, 0) is 4.74 Å². The van der Waals surface area contributed by atoms with Crippen LogP contribution in [0.15, 0.2) is 53.0 Å². The molecule has 1 fully saturated rings. The summed E-state index contributed by atoms with van der Waals surface area (Å²) in [5, 5.41) is 2.93. The Morgan fingerprint density at radius 2 is 2.04 bits per heavy atom. The second-order valence-electron chi connectivity index (χ2n) is 5.96. The van der Waals surface area contributed by atoms with Crippen LogP contribution in [0.3, 0.4) is 0 Å². The lowest BCUT2D eigenvalue weighted by Gasteiger charge is -2.33. The van der Waals surface area contributed by atoms with Crippen LogP contribution in [0, 0.1) is 0 Å². The maximum absolute atomic E-state index is 12.3. The van der Waals surface area contributed by atoms with Gasteiger partial charge < -0.3 is 15.0 Å². The zero-order valence-corrected chi connectivity index (χ0v) is 15.3. The number of carbonyl (C=O) groups is 1. The van der Waals surface area contributed by atoms with Crippen molar-refractivity contribution >= 4 is 33.2 Å². The second-order valence-corrected chi connectivity index (χ2v) is 6.87. The number of benzene rings is 2. The van der Waals surface area contributed by atoms with Crippen molar-refractivity contribution in [3.63, 3.8) is 0 Å². The van der Waals surface area contributed by atoms with Gasteiger partial charge in [0.25, 0.3) is 5.91 Å². The van der Waals surface area contributed by atoms with Crippen LogP contribution in [0.25, 0.3) is 0 Å². The van der Waals surface area contributed by atoms with E-state index in [-0.39, 0.29) is 5.91 Å². The van der Waals surface area contributed by atoms with E-state index in [0.717, 1.165) is 41.8 Å². The predicted molar refractivity (Wildman–Crippen MR) is 101 cm³/mol. The molecule has 0 aliphatic carbocycles. The molecule has 1 aliphatic rings. The molecule has 1 amide bonds. The molecule has 1 heterocycles. The molecule has 1 unspecified atom stereocenters. The lowest BCUT2D eigenvalue weighted by molar-refractivity contribution is 0.0893. The first-order valence-electron chi connectivity index (χ1n) is 8.10. The zero-order valence-electron chi connectivity index (χ0n) is 13.7. The van der Waals surface area contributed by atoms with Crippen LogP contribution in [0.4, 0.5) is 11.4 Å². The van der Waals surface area contributed by atoms with Crippen LogP contribution in [-0.4, -0.2) is 32.2 Å². The van der Waals surface area contributed by atoms with Crippen LogP contribution in [0.2, 0.25) is 0 Å². The first-order valence-corrected chi connectivity index (χ1v) is 8.90. The normalized spacial score (nSPS) is 17.6. The number of carbonyl (C=O) groups excluding carboxylic acids is 1. The van der Waals surface area contributed by atoms with Gasteiger partial charge in [-0.05, 0) is 55.3 Å². The highest BCUT2D eigenvalue weighted by Crippen LogP contribution is 2.23. The monoisotopic (exact) mass is 388 g/mol. The number of methoxy groups -OCH3 is 1. The van der Waals surface area contributed by atoms with Crippen molar-refractivity contribution in [3.8, 4) is 0 Å². The minimum absolute atomic E-state index is 0.110. The Morgan fingerprint density at radius 3 is 2.75 bits per heavy atom. The smallest absolute Gasteiger partial charge is 0.255 e. The zero-order chi connectivity index (χ0) is 16.9. The number of anilines is 2. The molecule has 0 spiro atoms. The van der Waals surface area contributed by atoms with Crippen molar-refractivity contribution in [2.45, 2.75) is 18.9 Å². The summed E-state index contributed by atoms with van der Waals surface area (Å²) < 4.78 is 6.37. The van der Waals surface area contributed by atoms with Gasteiger partial charge >= 0.3 is 0 Å². The molecule has 2 aromatic carbocycles. The van der Waals surface area contributed by atoms with E-state index in [1.165, 1.54) is 0 Å². The van der Waals surface area contributed by atoms with E-state index in [2.05, 4.69) is 38.3 Å². The third-order valence-electron chi connectivity index (χ3n) is 4.29. The Balaban J connectivity index is 1.65. The van der Waals surface area contributed by atoms with Gasteiger partial charge in [0, 0.05) is 41.6 Å². The van der Waals surface area contributed by atoms with E-state index in [9.17, 15) is 4.79 Å². The van der Waals surface area contributed by atoms with Crippen molar-refractivity contribution in [2.24, 2.45) is 0 Å². The van der Waals surface area contributed by atoms with Gasteiger partial charge in [0.15, 0.2) is 0 Å². The molecule has 0 saturated carbocycles. The third-order valence-corrected chi connectivity index (χ3v) is 4.78. The molecule has 126 valence electrons. The fourth-order valence-corrected chi connectivity index (χ4v) is 3.35. The molecule has 0 bridgehead atoms. The Morgan fingerprint density at radius 1 is 1.25 bits per heavy atom. The minimum atomic E-state index is -0.110. The molecule has 1 N–H and O–H groups in total. The summed E-state index contributed by atoms with van der Waals surface area (Å²) >= 11 is 3.38. The van der Waals surface area contributed by atoms with Gasteiger partial charge in [0.05, 0.1) is 6.10 Å². The summed E-state index contributed by atoms with van der Waals surface area (Å²) in [7, 11) is 1.77. The molecule has 0 aromatic heterocycles. The van der Waals surface area contributed by atoms with Gasteiger partial charge in [-0.2, -0.15) is 0 Å². The van der Waals surface area contributed by atoms with E-state index in [1.54, 1.807) is 13.2 Å². The Hall–Kier alpha value is -1.85. The maximum Gasteiger partial charge on any atom is 0.255 e. The van der Waals surface area contributed by atoms with E-state index in [1.807, 2.05) is 30.3 Å². The molecular weight excluding hydrogens is 368 g/mol. The maximum atomic E-state index is 12.3. The number of amides is 1. The number of nitrogens with one attached hydrogen (secondary N) is 1. The fourth-order valence-electron chi connectivity index (χ4n) is 2.95. The average molecular weight is 389 g/mol. The minimum Gasteiger partial charge on any atom is -0.380 e. The number of nitrogens with zero attached hydrogens (tertiary/aromatic N) is 1. The van der Waals surface area contributed by atoms with E-state index in [0.29, 0.717) is 11.7 Å². The summed E-state index contributed by atoms with van der Waals surface area (Å²) in [4.78, 5) is 14.6. The highest BCUT2D eigenvalue weighted by Gasteiger charge is 2.19. The summed E-state index contributed by atoms with van der Waals surface area (Å²) in [6.07, 6.45) is 2.56. The Kier molecular flexibility index (Phi) is 5.53. The van der Waals surface area contributed by atoms with Gasteiger partial charge in [-0.15, -0.1) is 0 Å².